The number of likely N-dealkylation sites (tertiary alicyclic amines) is 1. The van der Waals surface area contributed by atoms with Crippen molar-refractivity contribution in [2.45, 2.75) is 45.4 Å². The van der Waals surface area contributed by atoms with E-state index in [-0.39, 0.29) is 17.7 Å². The quantitative estimate of drug-likeness (QED) is 0.673. The van der Waals surface area contributed by atoms with Gasteiger partial charge in [0.1, 0.15) is 5.01 Å². The third kappa shape index (κ3) is 5.52. The number of piperidine rings is 1. The van der Waals surface area contributed by atoms with Gasteiger partial charge in [-0.15, -0.1) is 10.2 Å². The molecule has 2 amide bonds. The molecule has 0 bridgehead atoms. The van der Waals surface area contributed by atoms with Crippen molar-refractivity contribution in [1.29, 1.82) is 0 Å². The molecule has 3 rings (SSSR count). The zero-order valence-corrected chi connectivity index (χ0v) is 17.6. The molecule has 1 aromatic carbocycles. The van der Waals surface area contributed by atoms with E-state index in [9.17, 15) is 9.59 Å². The molecule has 1 aliphatic heterocycles. The second kappa shape index (κ2) is 9.98. The average molecular weight is 421 g/mol. The number of halogens is 1. The van der Waals surface area contributed by atoms with Crippen molar-refractivity contribution in [2.75, 3.05) is 18.4 Å². The SMILES string of the molecule is CCCCCc1nnc(NC(=O)C2CCCN(C(=O)c3ccc(Cl)cc3)C2)s1. The highest BCUT2D eigenvalue weighted by Crippen LogP contribution is 2.23. The van der Waals surface area contributed by atoms with Crippen LogP contribution in [0.25, 0.3) is 0 Å². The Morgan fingerprint density at radius 2 is 2.04 bits per heavy atom. The molecule has 0 saturated carbocycles. The Kier molecular flexibility index (Phi) is 7.39. The Morgan fingerprint density at radius 1 is 1.25 bits per heavy atom. The Hall–Kier alpha value is -1.99. The number of hydrogen-bond donors (Lipinski definition) is 1. The van der Waals surface area contributed by atoms with Gasteiger partial charge in [0.15, 0.2) is 0 Å². The van der Waals surface area contributed by atoms with Crippen LogP contribution in [0.1, 0.15) is 54.4 Å². The van der Waals surface area contributed by atoms with Crippen molar-refractivity contribution < 1.29 is 9.59 Å². The summed E-state index contributed by atoms with van der Waals surface area (Å²) in [7, 11) is 0. The molecule has 28 heavy (non-hydrogen) atoms. The van der Waals surface area contributed by atoms with Crippen LogP contribution >= 0.6 is 22.9 Å². The molecule has 2 aromatic rings. The van der Waals surface area contributed by atoms with Gasteiger partial charge in [0.25, 0.3) is 5.91 Å². The molecule has 0 aliphatic carbocycles. The molecule has 2 heterocycles. The topological polar surface area (TPSA) is 75.2 Å². The number of aromatic nitrogens is 2. The lowest BCUT2D eigenvalue weighted by Gasteiger charge is -2.32. The second-order valence-corrected chi connectivity index (χ2v) is 8.54. The summed E-state index contributed by atoms with van der Waals surface area (Å²) in [5.41, 5.74) is 0.589. The summed E-state index contributed by atoms with van der Waals surface area (Å²) in [6.45, 7) is 3.23. The first-order chi connectivity index (χ1) is 13.6. The Balaban J connectivity index is 1.55. The van der Waals surface area contributed by atoms with E-state index in [4.69, 9.17) is 11.6 Å². The number of carbonyl (C=O) groups is 2. The first kappa shape index (κ1) is 20.7. The van der Waals surface area contributed by atoms with Crippen LogP contribution in [0.4, 0.5) is 5.13 Å². The number of hydrogen-bond acceptors (Lipinski definition) is 5. The van der Waals surface area contributed by atoms with Gasteiger partial charge in [0.2, 0.25) is 11.0 Å². The molecule has 150 valence electrons. The molecule has 1 aromatic heterocycles. The number of aryl methyl sites for hydroxylation is 1. The molecule has 0 spiro atoms. The van der Waals surface area contributed by atoms with Crippen molar-refractivity contribution in [1.82, 2.24) is 15.1 Å². The maximum absolute atomic E-state index is 12.7. The number of unbranched alkanes of at least 4 members (excludes halogenated alkanes) is 2. The molecular weight excluding hydrogens is 396 g/mol. The minimum absolute atomic E-state index is 0.0664. The van der Waals surface area contributed by atoms with E-state index in [0.717, 1.165) is 37.1 Å². The maximum atomic E-state index is 12.7. The van der Waals surface area contributed by atoms with E-state index >= 15 is 0 Å². The monoisotopic (exact) mass is 420 g/mol. The summed E-state index contributed by atoms with van der Waals surface area (Å²) in [6, 6.07) is 6.85. The number of nitrogens with zero attached hydrogens (tertiary/aromatic N) is 3. The van der Waals surface area contributed by atoms with Crippen LogP contribution in [0, 0.1) is 5.92 Å². The molecule has 1 saturated heterocycles. The summed E-state index contributed by atoms with van der Waals surface area (Å²) in [5.74, 6) is -0.398. The van der Waals surface area contributed by atoms with Gasteiger partial charge < -0.3 is 10.2 Å². The highest BCUT2D eigenvalue weighted by atomic mass is 35.5. The van der Waals surface area contributed by atoms with E-state index < -0.39 is 0 Å². The Bertz CT molecular complexity index is 809. The standard InChI is InChI=1S/C20H25ClN4O2S/c1-2-3-4-7-17-23-24-20(28-17)22-18(26)15-6-5-12-25(13-15)19(27)14-8-10-16(21)11-9-14/h8-11,15H,2-7,12-13H2,1H3,(H,22,24,26). The van der Waals surface area contributed by atoms with Crippen LogP contribution in [-0.2, 0) is 11.2 Å². The molecule has 1 aliphatic rings. The molecule has 1 unspecified atom stereocenters. The summed E-state index contributed by atoms with van der Waals surface area (Å²) in [5, 5.41) is 13.2. The third-order valence-electron chi connectivity index (χ3n) is 4.86. The predicted molar refractivity (Wildman–Crippen MR) is 112 cm³/mol. The lowest BCUT2D eigenvalue weighted by atomic mass is 9.96. The minimum atomic E-state index is -0.238. The van der Waals surface area contributed by atoms with Gasteiger partial charge in [0, 0.05) is 30.1 Å². The van der Waals surface area contributed by atoms with Gasteiger partial charge in [-0.25, -0.2) is 0 Å². The number of benzene rings is 1. The van der Waals surface area contributed by atoms with E-state index in [1.54, 1.807) is 29.2 Å². The zero-order chi connectivity index (χ0) is 19.9. The number of amides is 2. The number of anilines is 1. The van der Waals surface area contributed by atoms with Gasteiger partial charge in [0.05, 0.1) is 5.92 Å². The van der Waals surface area contributed by atoms with Crippen LogP contribution < -0.4 is 5.32 Å². The first-order valence-electron chi connectivity index (χ1n) is 9.75. The van der Waals surface area contributed by atoms with Crippen molar-refractivity contribution in [3.63, 3.8) is 0 Å². The minimum Gasteiger partial charge on any atom is -0.338 e. The highest BCUT2D eigenvalue weighted by molar-refractivity contribution is 7.15. The van der Waals surface area contributed by atoms with E-state index in [2.05, 4.69) is 22.4 Å². The van der Waals surface area contributed by atoms with Crippen LogP contribution in [-0.4, -0.2) is 40.0 Å². The number of rotatable bonds is 7. The maximum Gasteiger partial charge on any atom is 0.253 e. The van der Waals surface area contributed by atoms with E-state index in [1.165, 1.54) is 17.8 Å². The smallest absolute Gasteiger partial charge is 0.253 e. The summed E-state index contributed by atoms with van der Waals surface area (Å²) < 4.78 is 0. The average Bonchev–Trinajstić information content (AvgIpc) is 3.15. The predicted octanol–water partition coefficient (Wildman–Crippen LogP) is 4.42. The molecule has 1 N–H and O–H groups in total. The Morgan fingerprint density at radius 3 is 2.79 bits per heavy atom. The third-order valence-corrected chi connectivity index (χ3v) is 6.01. The van der Waals surface area contributed by atoms with E-state index in [0.29, 0.717) is 28.8 Å². The molecule has 8 heteroatoms. The highest BCUT2D eigenvalue weighted by Gasteiger charge is 2.29. The number of nitrogens with one attached hydrogen (secondary N) is 1. The first-order valence-corrected chi connectivity index (χ1v) is 10.9. The van der Waals surface area contributed by atoms with Crippen molar-refractivity contribution in [2.24, 2.45) is 5.92 Å². The molecule has 6 nitrogen and oxygen atoms in total. The molecule has 0 radical (unpaired) electrons. The van der Waals surface area contributed by atoms with Crippen molar-refractivity contribution in [3.8, 4) is 0 Å². The van der Waals surface area contributed by atoms with Crippen LogP contribution in [0.15, 0.2) is 24.3 Å². The van der Waals surface area contributed by atoms with Crippen LogP contribution in [0.2, 0.25) is 5.02 Å². The van der Waals surface area contributed by atoms with Gasteiger partial charge in [-0.2, -0.15) is 0 Å². The normalized spacial score (nSPS) is 16.8. The largest absolute Gasteiger partial charge is 0.338 e. The lowest BCUT2D eigenvalue weighted by Crippen LogP contribution is -2.43. The van der Waals surface area contributed by atoms with E-state index in [1.807, 2.05) is 0 Å². The second-order valence-electron chi connectivity index (χ2n) is 7.04. The lowest BCUT2D eigenvalue weighted by molar-refractivity contribution is -0.121. The fourth-order valence-electron chi connectivity index (χ4n) is 3.29. The summed E-state index contributed by atoms with van der Waals surface area (Å²) in [6.07, 6.45) is 5.88. The van der Waals surface area contributed by atoms with Crippen LogP contribution in [0.5, 0.6) is 0 Å². The van der Waals surface area contributed by atoms with Gasteiger partial charge >= 0.3 is 0 Å². The van der Waals surface area contributed by atoms with Gasteiger partial charge in [-0.3, -0.25) is 9.59 Å². The summed E-state index contributed by atoms with van der Waals surface area (Å²) >= 11 is 7.33. The van der Waals surface area contributed by atoms with Crippen molar-refractivity contribution >= 4 is 39.9 Å². The molecule has 1 atom stereocenters. The fraction of sp³-hybridized carbons (Fsp3) is 0.500. The zero-order valence-electron chi connectivity index (χ0n) is 16.0. The molecule has 1 fully saturated rings. The number of carbonyl (C=O) groups excluding carboxylic acids is 2. The van der Waals surface area contributed by atoms with Crippen molar-refractivity contribution in [3.05, 3.63) is 39.9 Å². The van der Waals surface area contributed by atoms with Gasteiger partial charge in [-0.05, 0) is 43.5 Å². The Labute approximate surface area is 174 Å². The van der Waals surface area contributed by atoms with Crippen LogP contribution in [0.3, 0.4) is 0 Å². The van der Waals surface area contributed by atoms with Gasteiger partial charge in [-0.1, -0.05) is 42.7 Å². The fourth-order valence-corrected chi connectivity index (χ4v) is 4.20. The summed E-state index contributed by atoms with van der Waals surface area (Å²) in [4.78, 5) is 27.1. The molecular formula is C20H25ClN4O2S.